The van der Waals surface area contributed by atoms with E-state index < -0.39 is 0 Å². The van der Waals surface area contributed by atoms with Gasteiger partial charge in [0.2, 0.25) is 17.6 Å². The number of piperidine rings is 1. The van der Waals surface area contributed by atoms with Gasteiger partial charge in [-0.2, -0.15) is 5.10 Å². The molecule has 4 aromatic rings. The van der Waals surface area contributed by atoms with Crippen molar-refractivity contribution in [2.75, 3.05) is 79.2 Å². The molecule has 53 heavy (non-hydrogen) atoms. The lowest BCUT2D eigenvalue weighted by molar-refractivity contribution is -0.136. The Labute approximate surface area is 309 Å². The first kappa shape index (κ1) is 37.8. The van der Waals surface area contributed by atoms with Gasteiger partial charge in [-0.1, -0.05) is 12.1 Å². The van der Waals surface area contributed by atoms with Crippen molar-refractivity contribution in [2.45, 2.75) is 45.2 Å². The smallest absolute Gasteiger partial charge is 0.239 e. The Morgan fingerprint density at radius 2 is 1.81 bits per heavy atom. The number of benzene rings is 2. The number of amides is 2. The number of nitrogens with zero attached hydrogens (tertiary/aromatic N) is 5. The fourth-order valence-corrected chi connectivity index (χ4v) is 7.42. The van der Waals surface area contributed by atoms with Gasteiger partial charge in [-0.25, -0.2) is 9.37 Å². The first-order valence-electron chi connectivity index (χ1n) is 18.2. The Kier molecular flexibility index (Phi) is 12.6. The highest BCUT2D eigenvalue weighted by Gasteiger charge is 2.28. The number of carbonyl (C=O) groups excluding carboxylic acids is 2. The van der Waals surface area contributed by atoms with Crippen molar-refractivity contribution < 1.29 is 32.9 Å². The lowest BCUT2D eigenvalue weighted by Crippen LogP contribution is -2.45. The van der Waals surface area contributed by atoms with Crippen LogP contribution in [0, 0.1) is 11.7 Å². The van der Waals surface area contributed by atoms with Crippen LogP contribution in [-0.4, -0.2) is 111 Å². The maximum atomic E-state index is 14.3. The van der Waals surface area contributed by atoms with Gasteiger partial charge >= 0.3 is 0 Å². The highest BCUT2D eigenvalue weighted by Crippen LogP contribution is 2.44. The Morgan fingerprint density at radius 3 is 2.58 bits per heavy atom. The summed E-state index contributed by atoms with van der Waals surface area (Å²) in [5, 5.41) is 11.4. The summed E-state index contributed by atoms with van der Waals surface area (Å²) in [4.78, 5) is 37.9. The number of fused-ring (bicyclic) bond motifs is 5. The highest BCUT2D eigenvalue weighted by atomic mass is 19.1. The van der Waals surface area contributed by atoms with Gasteiger partial charge in [0.25, 0.3) is 0 Å². The van der Waals surface area contributed by atoms with Crippen LogP contribution in [0.3, 0.4) is 0 Å². The molecule has 1 atom stereocenters. The van der Waals surface area contributed by atoms with Crippen LogP contribution in [0.2, 0.25) is 0 Å². The molecule has 4 heterocycles. The fraction of sp³-hybridized carbons (Fsp3) is 0.487. The van der Waals surface area contributed by atoms with Gasteiger partial charge in [-0.3, -0.25) is 19.6 Å². The molecular weight excluding hydrogens is 681 g/mol. The normalized spacial score (nSPS) is 17.7. The lowest BCUT2D eigenvalue weighted by atomic mass is 9.97. The molecular formula is C39H50FN7O6. The predicted molar refractivity (Wildman–Crippen MR) is 200 cm³/mol. The van der Waals surface area contributed by atoms with Crippen molar-refractivity contribution in [3.63, 3.8) is 0 Å². The minimum atomic E-state index is -0.320. The second-order valence-electron chi connectivity index (χ2n) is 13.7. The number of hydrogen-bond donors (Lipinski definition) is 2. The van der Waals surface area contributed by atoms with Crippen molar-refractivity contribution in [3.8, 4) is 28.5 Å². The van der Waals surface area contributed by atoms with Gasteiger partial charge < -0.3 is 34.1 Å². The molecule has 1 fully saturated rings. The summed E-state index contributed by atoms with van der Waals surface area (Å²) in [6.45, 7) is 4.51. The topological polar surface area (TPSA) is 134 Å². The van der Waals surface area contributed by atoms with E-state index in [0.717, 1.165) is 59.3 Å². The third-order valence-electron chi connectivity index (χ3n) is 10.1. The van der Waals surface area contributed by atoms with E-state index in [4.69, 9.17) is 23.9 Å². The second kappa shape index (κ2) is 17.7. The van der Waals surface area contributed by atoms with Crippen LogP contribution in [0.5, 0.6) is 17.2 Å². The number of nitrogens with one attached hydrogen (secondary N) is 2. The van der Waals surface area contributed by atoms with Gasteiger partial charge in [-0.15, -0.1) is 0 Å². The quantitative estimate of drug-likeness (QED) is 0.248. The fourth-order valence-electron chi connectivity index (χ4n) is 7.42. The third kappa shape index (κ3) is 8.99. The molecule has 2 amide bonds. The molecule has 2 aliphatic heterocycles. The number of pyridine rings is 1. The summed E-state index contributed by atoms with van der Waals surface area (Å²) in [5.41, 5.74) is 4.12. The zero-order valence-electron chi connectivity index (χ0n) is 31.1. The number of halogens is 1. The van der Waals surface area contributed by atoms with Crippen molar-refractivity contribution >= 4 is 28.5 Å². The maximum Gasteiger partial charge on any atom is 0.239 e. The van der Waals surface area contributed by atoms with Crippen molar-refractivity contribution in [1.82, 2.24) is 30.3 Å². The summed E-state index contributed by atoms with van der Waals surface area (Å²) in [7, 11) is 6.36. The molecule has 2 aromatic carbocycles. The van der Waals surface area contributed by atoms with E-state index in [1.165, 1.54) is 12.1 Å². The number of hydrogen-bond acceptors (Lipinski definition) is 10. The average molecular weight is 732 g/mol. The zero-order chi connectivity index (χ0) is 37.3. The molecule has 2 bridgehead atoms. The number of carbonyl (C=O) groups is 2. The monoisotopic (exact) mass is 731 g/mol. The summed E-state index contributed by atoms with van der Waals surface area (Å²) in [6, 6.07) is 10.5. The lowest BCUT2D eigenvalue weighted by Gasteiger charge is -2.36. The molecule has 1 saturated heterocycles. The Morgan fingerprint density at radius 1 is 0.981 bits per heavy atom. The van der Waals surface area contributed by atoms with Crippen LogP contribution in [0.25, 0.3) is 22.2 Å². The SMILES string of the molecule is COCCC(=O)N1CCCCN(Cc2cn[nH]c2-c2cccc(F)c2)Cc2cc3c(OC)c(OC)c(OC)cc3nc2N2CCCC(CNC(=O)C1)C2. The molecule has 0 aliphatic carbocycles. The standard InChI is InChI=1S/C39H50FN7O6/c1-50-16-12-35(49)46-14-6-5-13-45(24-29-21-42-44-36(29)27-10-7-11-30(40)17-27)23-28-18-31-32(19-33(51-2)38(53-4)37(31)52-3)43-39(28)47-15-8-9-26(22-47)20-41-34(48)25-46/h7,10-11,17-19,21,26H,5-6,8-9,12-16,20,22-25H2,1-4H3,(H,41,48)(H,42,44). The van der Waals surface area contributed by atoms with E-state index in [1.54, 1.807) is 45.6 Å². The molecule has 0 spiro atoms. The van der Waals surface area contributed by atoms with Crippen LogP contribution >= 0.6 is 0 Å². The first-order chi connectivity index (χ1) is 25.8. The van der Waals surface area contributed by atoms with Crippen molar-refractivity contribution in [3.05, 3.63) is 59.5 Å². The first-order valence-corrected chi connectivity index (χ1v) is 18.2. The number of H-pyrrole nitrogens is 1. The minimum Gasteiger partial charge on any atom is -0.493 e. The van der Waals surface area contributed by atoms with Crippen LogP contribution in [-0.2, 0) is 27.4 Å². The van der Waals surface area contributed by atoms with E-state index in [9.17, 15) is 14.0 Å². The molecule has 1 unspecified atom stereocenters. The second-order valence-corrected chi connectivity index (χ2v) is 13.7. The summed E-state index contributed by atoms with van der Waals surface area (Å²) >= 11 is 0. The van der Waals surface area contributed by atoms with Gasteiger partial charge in [0, 0.05) is 74.5 Å². The van der Waals surface area contributed by atoms with E-state index in [0.29, 0.717) is 75.1 Å². The van der Waals surface area contributed by atoms with Gasteiger partial charge in [0.1, 0.15) is 11.6 Å². The largest absolute Gasteiger partial charge is 0.493 e. The summed E-state index contributed by atoms with van der Waals surface area (Å²) < 4.78 is 36.8. The molecule has 13 nitrogen and oxygen atoms in total. The number of rotatable bonds is 9. The van der Waals surface area contributed by atoms with E-state index in [-0.39, 0.29) is 36.5 Å². The van der Waals surface area contributed by atoms with Gasteiger partial charge in [0.05, 0.1) is 58.3 Å². The van der Waals surface area contributed by atoms with Crippen LogP contribution in [0.1, 0.15) is 43.2 Å². The third-order valence-corrected chi connectivity index (χ3v) is 10.1. The molecule has 2 N–H and O–H groups in total. The number of ether oxygens (including phenoxy) is 4. The number of aromatic amines is 1. The van der Waals surface area contributed by atoms with Crippen LogP contribution in [0.15, 0.2) is 42.6 Å². The number of methoxy groups -OCH3 is 4. The van der Waals surface area contributed by atoms with Crippen molar-refractivity contribution in [1.29, 1.82) is 0 Å². The molecule has 6 rings (SSSR count). The van der Waals surface area contributed by atoms with Crippen molar-refractivity contribution in [2.24, 2.45) is 5.92 Å². The van der Waals surface area contributed by atoms with Gasteiger partial charge in [0.15, 0.2) is 11.5 Å². The molecule has 284 valence electrons. The molecule has 0 saturated carbocycles. The van der Waals surface area contributed by atoms with Crippen LogP contribution in [0.4, 0.5) is 10.2 Å². The summed E-state index contributed by atoms with van der Waals surface area (Å²) in [5.74, 6) is 2.03. The molecule has 2 aromatic heterocycles. The van der Waals surface area contributed by atoms with E-state index in [2.05, 4.69) is 31.4 Å². The number of aromatic nitrogens is 3. The average Bonchev–Trinajstić information content (AvgIpc) is 3.64. The Hall–Kier alpha value is -4.95. The maximum absolute atomic E-state index is 14.3. The molecule has 14 heteroatoms. The number of anilines is 1. The Bertz CT molecular complexity index is 1890. The van der Waals surface area contributed by atoms with Gasteiger partial charge in [-0.05, 0) is 56.3 Å². The summed E-state index contributed by atoms with van der Waals surface area (Å²) in [6.07, 6.45) is 5.35. The predicted octanol–water partition coefficient (Wildman–Crippen LogP) is 4.78. The Balaban J connectivity index is 1.41. The highest BCUT2D eigenvalue weighted by molar-refractivity contribution is 5.92. The molecule has 2 aliphatic rings. The van der Waals surface area contributed by atoms with Crippen LogP contribution < -0.4 is 24.4 Å². The van der Waals surface area contributed by atoms with E-state index >= 15 is 0 Å². The molecule has 0 radical (unpaired) electrons. The van der Waals surface area contributed by atoms with E-state index in [1.807, 2.05) is 12.1 Å². The minimum absolute atomic E-state index is 0.0121. The zero-order valence-corrected chi connectivity index (χ0v) is 31.1.